The molecule has 0 unspecified atom stereocenters. The quantitative estimate of drug-likeness (QED) is 0.662. The molecule has 6 heteroatoms. The van der Waals surface area contributed by atoms with Crippen LogP contribution in [0.25, 0.3) is 11.0 Å². The lowest BCUT2D eigenvalue weighted by Crippen LogP contribution is -2.04. The minimum absolute atomic E-state index is 0.272. The van der Waals surface area contributed by atoms with E-state index in [2.05, 4.69) is 25.9 Å². The van der Waals surface area contributed by atoms with Crippen LogP contribution >= 0.6 is 27.5 Å². The molecule has 3 rings (SSSR count). The number of hydrogen-bond acceptors (Lipinski definition) is 2. The predicted octanol–water partition coefficient (Wildman–Crippen LogP) is 4.12. The molecule has 3 aromatic rings. The van der Waals surface area contributed by atoms with Crippen LogP contribution in [0, 0.1) is 5.82 Å². The SMILES string of the molecule is Fc1cc2c(cc1Br)nc(CCl)n2Cc1cccnc1. The van der Waals surface area contributed by atoms with Gasteiger partial charge in [-0.2, -0.15) is 0 Å². The van der Waals surface area contributed by atoms with Gasteiger partial charge in [0.2, 0.25) is 0 Å². The molecule has 0 spiro atoms. The number of imidazole rings is 1. The van der Waals surface area contributed by atoms with Crippen molar-refractivity contribution < 1.29 is 4.39 Å². The van der Waals surface area contributed by atoms with Gasteiger partial charge in [-0.3, -0.25) is 4.98 Å². The molecule has 0 saturated carbocycles. The Hall–Kier alpha value is -1.46. The highest BCUT2D eigenvalue weighted by Gasteiger charge is 2.13. The molecule has 0 amide bonds. The fourth-order valence-corrected chi connectivity index (χ4v) is 2.66. The average molecular weight is 355 g/mol. The predicted molar refractivity (Wildman–Crippen MR) is 80.3 cm³/mol. The third-order valence-electron chi connectivity index (χ3n) is 3.05. The van der Waals surface area contributed by atoms with Crippen molar-refractivity contribution in [3.05, 3.63) is 58.3 Å². The molecule has 0 bridgehead atoms. The van der Waals surface area contributed by atoms with Crippen LogP contribution in [0.1, 0.15) is 11.4 Å². The zero-order chi connectivity index (χ0) is 14.1. The van der Waals surface area contributed by atoms with Crippen molar-refractivity contribution in [3.8, 4) is 0 Å². The molecule has 0 aliphatic rings. The highest BCUT2D eigenvalue weighted by Crippen LogP contribution is 2.25. The van der Waals surface area contributed by atoms with Gasteiger partial charge in [0.25, 0.3) is 0 Å². The Labute approximate surface area is 128 Å². The van der Waals surface area contributed by atoms with E-state index in [0.29, 0.717) is 16.8 Å². The summed E-state index contributed by atoms with van der Waals surface area (Å²) in [5, 5.41) is 0. The van der Waals surface area contributed by atoms with Crippen LogP contribution in [-0.4, -0.2) is 14.5 Å². The van der Waals surface area contributed by atoms with Gasteiger partial charge in [0.05, 0.1) is 27.9 Å². The van der Waals surface area contributed by atoms with Crippen LogP contribution in [-0.2, 0) is 12.4 Å². The average Bonchev–Trinajstić information content (AvgIpc) is 2.78. The maximum Gasteiger partial charge on any atom is 0.139 e. The summed E-state index contributed by atoms with van der Waals surface area (Å²) < 4.78 is 16.1. The summed E-state index contributed by atoms with van der Waals surface area (Å²) in [6, 6.07) is 6.97. The van der Waals surface area contributed by atoms with Crippen LogP contribution in [0.4, 0.5) is 4.39 Å². The van der Waals surface area contributed by atoms with Crippen molar-refractivity contribution in [2.45, 2.75) is 12.4 Å². The van der Waals surface area contributed by atoms with Crippen molar-refractivity contribution in [1.82, 2.24) is 14.5 Å². The van der Waals surface area contributed by atoms with Crippen molar-refractivity contribution in [3.63, 3.8) is 0 Å². The van der Waals surface area contributed by atoms with E-state index in [1.54, 1.807) is 18.5 Å². The molecule has 2 aromatic heterocycles. The Kier molecular flexibility index (Phi) is 3.72. The summed E-state index contributed by atoms with van der Waals surface area (Å²) >= 11 is 9.12. The number of fused-ring (bicyclic) bond motifs is 1. The Morgan fingerprint density at radius 1 is 1.35 bits per heavy atom. The second-order valence-corrected chi connectivity index (χ2v) is 5.49. The lowest BCUT2D eigenvalue weighted by Gasteiger charge is -2.07. The topological polar surface area (TPSA) is 30.7 Å². The van der Waals surface area contributed by atoms with E-state index in [1.807, 2.05) is 16.7 Å². The number of halogens is 3. The van der Waals surface area contributed by atoms with E-state index in [1.165, 1.54) is 6.07 Å². The minimum Gasteiger partial charge on any atom is -0.322 e. The van der Waals surface area contributed by atoms with Crippen LogP contribution in [0.3, 0.4) is 0 Å². The summed E-state index contributed by atoms with van der Waals surface area (Å²) in [5.41, 5.74) is 2.46. The van der Waals surface area contributed by atoms with Crippen LogP contribution in [0.2, 0.25) is 0 Å². The number of nitrogens with zero attached hydrogens (tertiary/aromatic N) is 3. The van der Waals surface area contributed by atoms with Gasteiger partial charge in [0, 0.05) is 18.5 Å². The molecule has 0 saturated heterocycles. The Balaban J connectivity index is 2.15. The number of alkyl halides is 1. The van der Waals surface area contributed by atoms with Crippen molar-refractivity contribution in [2.75, 3.05) is 0 Å². The molecule has 0 N–H and O–H groups in total. The Morgan fingerprint density at radius 3 is 2.90 bits per heavy atom. The van der Waals surface area contributed by atoms with Gasteiger partial charge in [0.1, 0.15) is 11.6 Å². The maximum atomic E-state index is 13.7. The Morgan fingerprint density at radius 2 is 2.20 bits per heavy atom. The monoisotopic (exact) mass is 353 g/mol. The molecule has 2 heterocycles. The standard InChI is InChI=1S/C14H10BrClFN3/c15-10-4-12-13(5-11(10)17)20(14(6-16)19-12)8-9-2-1-3-18-7-9/h1-5,7H,6,8H2. The van der Waals surface area contributed by atoms with Crippen molar-refractivity contribution >= 4 is 38.6 Å². The van der Waals surface area contributed by atoms with E-state index in [9.17, 15) is 4.39 Å². The zero-order valence-corrected chi connectivity index (χ0v) is 12.7. The summed E-state index contributed by atoms with van der Waals surface area (Å²) in [6.45, 7) is 0.563. The molecule has 1 aromatic carbocycles. The molecule has 0 radical (unpaired) electrons. The second-order valence-electron chi connectivity index (χ2n) is 4.36. The fourth-order valence-electron chi connectivity index (χ4n) is 2.12. The fraction of sp³-hybridized carbons (Fsp3) is 0.143. The third-order valence-corrected chi connectivity index (χ3v) is 3.90. The van der Waals surface area contributed by atoms with E-state index in [0.717, 1.165) is 16.6 Å². The largest absolute Gasteiger partial charge is 0.322 e. The zero-order valence-electron chi connectivity index (χ0n) is 10.4. The van der Waals surface area contributed by atoms with Crippen molar-refractivity contribution in [1.29, 1.82) is 0 Å². The van der Waals surface area contributed by atoms with Gasteiger partial charge < -0.3 is 4.57 Å². The van der Waals surface area contributed by atoms with Gasteiger partial charge in [-0.1, -0.05) is 6.07 Å². The van der Waals surface area contributed by atoms with Crippen LogP contribution < -0.4 is 0 Å². The summed E-state index contributed by atoms with van der Waals surface area (Å²) in [4.78, 5) is 8.53. The normalized spacial score (nSPS) is 11.2. The first-order valence-corrected chi connectivity index (χ1v) is 7.31. The first-order valence-electron chi connectivity index (χ1n) is 5.98. The first kappa shape index (κ1) is 13.5. The van der Waals surface area contributed by atoms with E-state index >= 15 is 0 Å². The van der Waals surface area contributed by atoms with E-state index in [-0.39, 0.29) is 11.7 Å². The van der Waals surface area contributed by atoms with Crippen LogP contribution in [0.15, 0.2) is 41.1 Å². The first-order chi connectivity index (χ1) is 9.69. The lowest BCUT2D eigenvalue weighted by atomic mass is 10.2. The highest BCUT2D eigenvalue weighted by atomic mass is 79.9. The molecular weight excluding hydrogens is 345 g/mol. The molecule has 102 valence electrons. The van der Waals surface area contributed by atoms with E-state index < -0.39 is 0 Å². The smallest absolute Gasteiger partial charge is 0.139 e. The van der Waals surface area contributed by atoms with Gasteiger partial charge in [-0.05, 0) is 33.6 Å². The molecule has 3 nitrogen and oxygen atoms in total. The number of benzene rings is 1. The molecule has 20 heavy (non-hydrogen) atoms. The van der Waals surface area contributed by atoms with Gasteiger partial charge >= 0.3 is 0 Å². The number of pyridine rings is 1. The Bertz CT molecular complexity index is 758. The van der Waals surface area contributed by atoms with Gasteiger partial charge in [0.15, 0.2) is 0 Å². The van der Waals surface area contributed by atoms with Gasteiger partial charge in [-0.15, -0.1) is 11.6 Å². The lowest BCUT2D eigenvalue weighted by molar-refractivity contribution is 0.621. The van der Waals surface area contributed by atoms with Gasteiger partial charge in [-0.25, -0.2) is 9.37 Å². The summed E-state index contributed by atoms with van der Waals surface area (Å²) in [7, 11) is 0. The molecule has 0 atom stereocenters. The second kappa shape index (κ2) is 5.50. The van der Waals surface area contributed by atoms with Crippen molar-refractivity contribution in [2.24, 2.45) is 0 Å². The molecular formula is C14H10BrClFN3. The number of rotatable bonds is 3. The maximum absolute atomic E-state index is 13.7. The van der Waals surface area contributed by atoms with E-state index in [4.69, 9.17) is 11.6 Å². The highest BCUT2D eigenvalue weighted by molar-refractivity contribution is 9.10. The number of hydrogen-bond donors (Lipinski definition) is 0. The molecule has 0 aliphatic heterocycles. The third kappa shape index (κ3) is 2.43. The summed E-state index contributed by atoms with van der Waals surface area (Å²) in [6.07, 6.45) is 3.49. The molecule has 0 aliphatic carbocycles. The minimum atomic E-state index is -0.314. The molecule has 0 fully saturated rings. The summed E-state index contributed by atoms with van der Waals surface area (Å²) in [5.74, 6) is 0.669. The van der Waals surface area contributed by atoms with Crippen LogP contribution in [0.5, 0.6) is 0 Å². The number of aromatic nitrogens is 3.